The standard InChI is InChI=1S/C13H16BrNO2/c1-8-4-3-5-11(12(8)14)15-13(16)10-6-9(2)17-7-10/h3-5,9-10H,6-7H2,1-2H3,(H,15,16). The Balaban J connectivity index is 2.06. The maximum absolute atomic E-state index is 12.0. The van der Waals surface area contributed by atoms with E-state index in [1.807, 2.05) is 32.0 Å². The van der Waals surface area contributed by atoms with E-state index in [4.69, 9.17) is 4.74 Å². The van der Waals surface area contributed by atoms with Gasteiger partial charge in [0.1, 0.15) is 0 Å². The number of carbonyl (C=O) groups excluding carboxylic acids is 1. The number of nitrogens with one attached hydrogen (secondary N) is 1. The fourth-order valence-corrected chi connectivity index (χ4v) is 2.34. The third-order valence-corrected chi connectivity index (χ3v) is 4.07. The average molecular weight is 298 g/mol. The predicted octanol–water partition coefficient (Wildman–Crippen LogP) is 3.12. The molecule has 0 spiro atoms. The first-order valence-electron chi connectivity index (χ1n) is 5.75. The van der Waals surface area contributed by atoms with E-state index in [-0.39, 0.29) is 17.9 Å². The Kier molecular flexibility index (Phi) is 3.84. The van der Waals surface area contributed by atoms with E-state index in [0.29, 0.717) is 6.61 Å². The van der Waals surface area contributed by atoms with Gasteiger partial charge < -0.3 is 10.1 Å². The molecule has 0 aliphatic carbocycles. The summed E-state index contributed by atoms with van der Waals surface area (Å²) in [5.74, 6) is 0.0121. The highest BCUT2D eigenvalue weighted by molar-refractivity contribution is 9.10. The van der Waals surface area contributed by atoms with Gasteiger partial charge in [-0.2, -0.15) is 0 Å². The van der Waals surface area contributed by atoms with E-state index in [0.717, 1.165) is 22.1 Å². The number of benzene rings is 1. The number of hydrogen-bond donors (Lipinski definition) is 1. The van der Waals surface area contributed by atoms with Crippen LogP contribution in [-0.2, 0) is 9.53 Å². The molecule has 1 aromatic carbocycles. The van der Waals surface area contributed by atoms with Crippen LogP contribution in [0.15, 0.2) is 22.7 Å². The number of aryl methyl sites for hydroxylation is 1. The fraction of sp³-hybridized carbons (Fsp3) is 0.462. The molecule has 1 saturated heterocycles. The van der Waals surface area contributed by atoms with Gasteiger partial charge in [0.15, 0.2) is 0 Å². The van der Waals surface area contributed by atoms with Gasteiger partial charge >= 0.3 is 0 Å². The quantitative estimate of drug-likeness (QED) is 0.911. The molecule has 0 bridgehead atoms. The lowest BCUT2D eigenvalue weighted by Crippen LogP contribution is -2.23. The lowest BCUT2D eigenvalue weighted by molar-refractivity contribution is -0.119. The fourth-order valence-electron chi connectivity index (χ4n) is 1.98. The van der Waals surface area contributed by atoms with Crippen LogP contribution in [0.2, 0.25) is 0 Å². The summed E-state index contributed by atoms with van der Waals surface area (Å²) in [4.78, 5) is 12.0. The first-order valence-corrected chi connectivity index (χ1v) is 6.55. The van der Waals surface area contributed by atoms with Crippen LogP contribution in [0.25, 0.3) is 0 Å². The second kappa shape index (κ2) is 5.19. The molecule has 0 aromatic heterocycles. The SMILES string of the molecule is Cc1cccc(NC(=O)C2COC(C)C2)c1Br. The van der Waals surface area contributed by atoms with Gasteiger partial charge in [-0.25, -0.2) is 0 Å². The first-order chi connectivity index (χ1) is 8.08. The van der Waals surface area contributed by atoms with E-state index in [1.165, 1.54) is 0 Å². The molecular weight excluding hydrogens is 282 g/mol. The molecule has 1 amide bonds. The molecule has 1 aliphatic rings. The van der Waals surface area contributed by atoms with Gasteiger partial charge in [-0.15, -0.1) is 0 Å². The number of ether oxygens (including phenoxy) is 1. The Morgan fingerprint density at radius 2 is 2.29 bits per heavy atom. The van der Waals surface area contributed by atoms with Gasteiger partial charge in [0, 0.05) is 4.47 Å². The van der Waals surface area contributed by atoms with Gasteiger partial charge in [0.05, 0.1) is 24.3 Å². The molecule has 3 nitrogen and oxygen atoms in total. The molecule has 0 radical (unpaired) electrons. The minimum atomic E-state index is -0.0302. The highest BCUT2D eigenvalue weighted by Crippen LogP contribution is 2.27. The topological polar surface area (TPSA) is 38.3 Å². The maximum atomic E-state index is 12.0. The van der Waals surface area contributed by atoms with Crippen LogP contribution in [-0.4, -0.2) is 18.6 Å². The Hall–Kier alpha value is -0.870. The summed E-state index contributed by atoms with van der Waals surface area (Å²) in [7, 11) is 0. The van der Waals surface area contributed by atoms with Gasteiger partial charge in [0.2, 0.25) is 5.91 Å². The second-order valence-electron chi connectivity index (χ2n) is 4.50. The maximum Gasteiger partial charge on any atom is 0.229 e. The molecule has 1 heterocycles. The number of anilines is 1. The summed E-state index contributed by atoms with van der Waals surface area (Å²) < 4.78 is 6.35. The molecule has 1 fully saturated rings. The number of halogens is 1. The largest absolute Gasteiger partial charge is 0.378 e. The Morgan fingerprint density at radius 1 is 1.53 bits per heavy atom. The Morgan fingerprint density at radius 3 is 2.94 bits per heavy atom. The molecule has 4 heteroatoms. The third kappa shape index (κ3) is 2.87. The van der Waals surface area contributed by atoms with E-state index in [2.05, 4.69) is 21.2 Å². The summed E-state index contributed by atoms with van der Waals surface area (Å²) in [6.07, 6.45) is 0.988. The van der Waals surface area contributed by atoms with Crippen molar-refractivity contribution in [2.24, 2.45) is 5.92 Å². The molecule has 2 atom stereocenters. The smallest absolute Gasteiger partial charge is 0.229 e. The summed E-state index contributed by atoms with van der Waals surface area (Å²) >= 11 is 3.48. The minimum absolute atomic E-state index is 0.0302. The summed E-state index contributed by atoms with van der Waals surface area (Å²) in [6, 6.07) is 5.83. The van der Waals surface area contributed by atoms with Crippen LogP contribution in [0.4, 0.5) is 5.69 Å². The number of hydrogen-bond acceptors (Lipinski definition) is 2. The summed E-state index contributed by atoms with van der Waals surface area (Å²) in [5, 5.41) is 2.95. The normalized spacial score (nSPS) is 23.7. The van der Waals surface area contributed by atoms with Crippen LogP contribution in [0.1, 0.15) is 18.9 Å². The highest BCUT2D eigenvalue weighted by Gasteiger charge is 2.28. The molecule has 1 aliphatic heterocycles. The highest BCUT2D eigenvalue weighted by atomic mass is 79.9. The molecule has 1 N–H and O–H groups in total. The van der Waals surface area contributed by atoms with E-state index in [1.54, 1.807) is 0 Å². The minimum Gasteiger partial charge on any atom is -0.378 e. The molecule has 17 heavy (non-hydrogen) atoms. The van der Waals surface area contributed by atoms with Gasteiger partial charge in [0.25, 0.3) is 0 Å². The van der Waals surface area contributed by atoms with Crippen molar-refractivity contribution >= 4 is 27.5 Å². The van der Waals surface area contributed by atoms with Gasteiger partial charge in [-0.3, -0.25) is 4.79 Å². The van der Waals surface area contributed by atoms with Gasteiger partial charge in [-0.05, 0) is 47.8 Å². The second-order valence-corrected chi connectivity index (χ2v) is 5.30. The van der Waals surface area contributed by atoms with Crippen molar-refractivity contribution in [1.82, 2.24) is 0 Å². The van der Waals surface area contributed by atoms with Crippen molar-refractivity contribution in [2.45, 2.75) is 26.4 Å². The lowest BCUT2D eigenvalue weighted by Gasteiger charge is -2.12. The predicted molar refractivity (Wildman–Crippen MR) is 71.0 cm³/mol. The van der Waals surface area contributed by atoms with E-state index in [9.17, 15) is 4.79 Å². The molecular formula is C13H16BrNO2. The van der Waals surface area contributed by atoms with Crippen LogP contribution < -0.4 is 5.32 Å². The summed E-state index contributed by atoms with van der Waals surface area (Å²) in [6.45, 7) is 4.52. The van der Waals surface area contributed by atoms with Crippen molar-refractivity contribution in [2.75, 3.05) is 11.9 Å². The number of carbonyl (C=O) groups is 1. The lowest BCUT2D eigenvalue weighted by atomic mass is 10.1. The zero-order chi connectivity index (χ0) is 12.4. The van der Waals surface area contributed by atoms with Crippen LogP contribution >= 0.6 is 15.9 Å². The van der Waals surface area contributed by atoms with Crippen LogP contribution in [0.5, 0.6) is 0 Å². The molecule has 2 rings (SSSR count). The van der Waals surface area contributed by atoms with Crippen LogP contribution in [0, 0.1) is 12.8 Å². The Labute approximate surface area is 110 Å². The van der Waals surface area contributed by atoms with Crippen LogP contribution in [0.3, 0.4) is 0 Å². The van der Waals surface area contributed by atoms with Crippen molar-refractivity contribution in [3.8, 4) is 0 Å². The van der Waals surface area contributed by atoms with Crippen molar-refractivity contribution < 1.29 is 9.53 Å². The van der Waals surface area contributed by atoms with Crippen molar-refractivity contribution in [1.29, 1.82) is 0 Å². The molecule has 0 saturated carbocycles. The zero-order valence-electron chi connectivity index (χ0n) is 10.00. The molecule has 1 aromatic rings. The van der Waals surface area contributed by atoms with E-state index >= 15 is 0 Å². The summed E-state index contributed by atoms with van der Waals surface area (Å²) in [5.41, 5.74) is 1.94. The Bertz CT molecular complexity index is 433. The van der Waals surface area contributed by atoms with Crippen molar-refractivity contribution in [3.05, 3.63) is 28.2 Å². The number of amides is 1. The molecule has 92 valence electrons. The van der Waals surface area contributed by atoms with E-state index < -0.39 is 0 Å². The molecule has 2 unspecified atom stereocenters. The zero-order valence-corrected chi connectivity index (χ0v) is 11.6. The third-order valence-electron chi connectivity index (χ3n) is 3.02. The monoisotopic (exact) mass is 297 g/mol. The first kappa shape index (κ1) is 12.6. The van der Waals surface area contributed by atoms with Gasteiger partial charge in [-0.1, -0.05) is 12.1 Å². The number of rotatable bonds is 2. The average Bonchev–Trinajstić information content (AvgIpc) is 2.72. The van der Waals surface area contributed by atoms with Crippen molar-refractivity contribution in [3.63, 3.8) is 0 Å².